The third-order valence-electron chi connectivity index (χ3n) is 3.44. The minimum absolute atomic E-state index is 0.0639. The van der Waals surface area contributed by atoms with E-state index < -0.39 is 10.0 Å². The highest BCUT2D eigenvalue weighted by atomic mass is 32.2. The van der Waals surface area contributed by atoms with Gasteiger partial charge >= 0.3 is 0 Å². The Morgan fingerprint density at radius 2 is 2.04 bits per heavy atom. The van der Waals surface area contributed by atoms with Crippen LogP contribution in [0.3, 0.4) is 0 Å². The largest absolute Gasteiger partial charge is 0.454 e. The first-order valence-corrected chi connectivity index (χ1v) is 9.40. The lowest BCUT2D eigenvalue weighted by atomic mass is 10.2. The molecule has 0 aliphatic carbocycles. The topological polar surface area (TPSA) is 84.9 Å². The molecule has 0 fully saturated rings. The highest BCUT2D eigenvalue weighted by molar-refractivity contribution is 7.92. The third-order valence-corrected chi connectivity index (χ3v) is 4.63. The number of nitrogens with one attached hydrogen (secondary N) is 1. The number of benzene rings is 1. The summed E-state index contributed by atoms with van der Waals surface area (Å²) >= 11 is 0. The quantitative estimate of drug-likeness (QED) is 0.774. The van der Waals surface area contributed by atoms with Crippen LogP contribution in [0.15, 0.2) is 18.2 Å². The van der Waals surface area contributed by atoms with Crippen molar-refractivity contribution >= 4 is 21.6 Å². The number of anilines is 1. The summed E-state index contributed by atoms with van der Waals surface area (Å²) in [5.41, 5.74) is 0.486. The standard InChI is InChI=1S/C15H22N2O5S/c1-3-4-5-15(18)16-8-9-17(23(2,19)20)12-6-7-13-14(10-12)22-11-21-13/h6-7,10H,3-5,8-9,11H2,1-2H3,(H,16,18). The van der Waals surface area contributed by atoms with Crippen LogP contribution in [0.2, 0.25) is 0 Å². The zero-order valence-electron chi connectivity index (χ0n) is 13.4. The lowest BCUT2D eigenvalue weighted by molar-refractivity contribution is -0.121. The molecule has 2 rings (SSSR count). The molecule has 0 atom stereocenters. The van der Waals surface area contributed by atoms with Crippen molar-refractivity contribution in [2.45, 2.75) is 26.2 Å². The van der Waals surface area contributed by atoms with Gasteiger partial charge in [-0.2, -0.15) is 0 Å². The molecule has 0 aromatic heterocycles. The molecule has 0 unspecified atom stereocenters. The molecule has 1 N–H and O–H groups in total. The van der Waals surface area contributed by atoms with Crippen molar-refractivity contribution in [1.82, 2.24) is 5.32 Å². The average molecular weight is 342 g/mol. The van der Waals surface area contributed by atoms with Crippen molar-refractivity contribution < 1.29 is 22.7 Å². The monoisotopic (exact) mass is 342 g/mol. The molecule has 7 nitrogen and oxygen atoms in total. The molecule has 1 aliphatic heterocycles. The van der Waals surface area contributed by atoms with E-state index in [1.54, 1.807) is 18.2 Å². The van der Waals surface area contributed by atoms with E-state index in [9.17, 15) is 13.2 Å². The lowest BCUT2D eigenvalue weighted by Crippen LogP contribution is -2.38. The molecular weight excluding hydrogens is 320 g/mol. The fourth-order valence-corrected chi connectivity index (χ4v) is 3.17. The molecule has 1 amide bonds. The number of sulfonamides is 1. The normalized spacial score (nSPS) is 13.0. The molecule has 0 radical (unpaired) electrons. The minimum Gasteiger partial charge on any atom is -0.454 e. The number of carbonyl (C=O) groups is 1. The van der Waals surface area contributed by atoms with E-state index in [0.717, 1.165) is 19.1 Å². The number of unbranched alkanes of at least 4 members (excludes halogenated alkanes) is 1. The molecule has 0 saturated heterocycles. The van der Waals surface area contributed by atoms with Gasteiger partial charge in [0, 0.05) is 19.0 Å². The van der Waals surface area contributed by atoms with Crippen LogP contribution < -0.4 is 19.1 Å². The Morgan fingerprint density at radius 3 is 2.74 bits per heavy atom. The SMILES string of the molecule is CCCCC(=O)NCCN(c1ccc2c(c1)OCO2)S(C)(=O)=O. The van der Waals surface area contributed by atoms with Crippen molar-refractivity contribution in [3.63, 3.8) is 0 Å². The Labute approximate surface area is 136 Å². The first-order chi connectivity index (χ1) is 10.9. The number of hydrogen-bond donors (Lipinski definition) is 1. The Kier molecular flexibility index (Phi) is 5.70. The van der Waals surface area contributed by atoms with Crippen molar-refractivity contribution in [1.29, 1.82) is 0 Å². The summed E-state index contributed by atoms with van der Waals surface area (Å²) in [5.74, 6) is 1.05. The number of carbonyl (C=O) groups excluding carboxylic acids is 1. The van der Waals surface area contributed by atoms with Gasteiger partial charge in [-0.25, -0.2) is 8.42 Å². The number of ether oxygens (including phenoxy) is 2. The highest BCUT2D eigenvalue weighted by Crippen LogP contribution is 2.35. The zero-order chi connectivity index (χ0) is 16.9. The molecule has 1 aromatic rings. The molecule has 0 bridgehead atoms. The van der Waals surface area contributed by atoms with Gasteiger partial charge < -0.3 is 14.8 Å². The molecule has 1 aliphatic rings. The van der Waals surface area contributed by atoms with Crippen LogP contribution in [0, 0.1) is 0 Å². The van der Waals surface area contributed by atoms with Gasteiger partial charge in [-0.15, -0.1) is 0 Å². The molecule has 1 aromatic carbocycles. The van der Waals surface area contributed by atoms with Crippen LogP contribution in [-0.4, -0.2) is 40.5 Å². The Bertz CT molecular complexity index is 660. The van der Waals surface area contributed by atoms with Gasteiger partial charge in [0.2, 0.25) is 22.7 Å². The van der Waals surface area contributed by atoms with Gasteiger partial charge in [0.25, 0.3) is 0 Å². The maximum absolute atomic E-state index is 12.0. The summed E-state index contributed by atoms with van der Waals surface area (Å²) in [7, 11) is -3.46. The number of hydrogen-bond acceptors (Lipinski definition) is 5. The first kappa shape index (κ1) is 17.4. The molecule has 128 valence electrons. The highest BCUT2D eigenvalue weighted by Gasteiger charge is 2.21. The average Bonchev–Trinajstić information content (AvgIpc) is 2.95. The maximum atomic E-state index is 12.0. The Balaban J connectivity index is 2.02. The van der Waals surface area contributed by atoms with Crippen molar-refractivity contribution in [3.8, 4) is 11.5 Å². The maximum Gasteiger partial charge on any atom is 0.232 e. The van der Waals surface area contributed by atoms with Crippen molar-refractivity contribution in [3.05, 3.63) is 18.2 Å². The number of amides is 1. The minimum atomic E-state index is -3.46. The van der Waals surface area contributed by atoms with E-state index in [4.69, 9.17) is 9.47 Å². The summed E-state index contributed by atoms with van der Waals surface area (Å²) in [6.45, 7) is 2.56. The second kappa shape index (κ2) is 7.54. The molecular formula is C15H22N2O5S. The fourth-order valence-electron chi connectivity index (χ4n) is 2.25. The zero-order valence-corrected chi connectivity index (χ0v) is 14.2. The molecule has 8 heteroatoms. The van der Waals surface area contributed by atoms with Crippen LogP contribution in [-0.2, 0) is 14.8 Å². The van der Waals surface area contributed by atoms with Gasteiger partial charge in [0.05, 0.1) is 18.5 Å². The predicted molar refractivity (Wildman–Crippen MR) is 87.3 cm³/mol. The van der Waals surface area contributed by atoms with E-state index in [-0.39, 0.29) is 25.8 Å². The summed E-state index contributed by atoms with van der Waals surface area (Å²) < 4.78 is 35.8. The van der Waals surface area contributed by atoms with Gasteiger partial charge in [-0.3, -0.25) is 9.10 Å². The summed E-state index contributed by atoms with van der Waals surface area (Å²) in [6.07, 6.45) is 3.36. The van der Waals surface area contributed by atoms with Crippen molar-refractivity contribution in [2.75, 3.05) is 30.4 Å². The van der Waals surface area contributed by atoms with Gasteiger partial charge in [0.1, 0.15) is 0 Å². The third kappa shape index (κ3) is 4.75. The smallest absolute Gasteiger partial charge is 0.232 e. The van der Waals surface area contributed by atoms with Crippen LogP contribution in [0.1, 0.15) is 26.2 Å². The van der Waals surface area contributed by atoms with Crippen LogP contribution in [0.25, 0.3) is 0 Å². The Hall–Kier alpha value is -1.96. The molecule has 0 saturated carbocycles. The molecule has 23 heavy (non-hydrogen) atoms. The van der Waals surface area contributed by atoms with E-state index in [1.165, 1.54) is 4.31 Å². The van der Waals surface area contributed by atoms with Gasteiger partial charge in [-0.05, 0) is 18.6 Å². The molecule has 1 heterocycles. The first-order valence-electron chi connectivity index (χ1n) is 7.56. The van der Waals surface area contributed by atoms with E-state index in [0.29, 0.717) is 23.6 Å². The fraction of sp³-hybridized carbons (Fsp3) is 0.533. The summed E-state index contributed by atoms with van der Waals surface area (Å²) in [5, 5.41) is 2.74. The predicted octanol–water partition coefficient (Wildman–Crippen LogP) is 1.49. The van der Waals surface area contributed by atoms with Crippen LogP contribution in [0.4, 0.5) is 5.69 Å². The van der Waals surface area contributed by atoms with Crippen LogP contribution in [0.5, 0.6) is 11.5 Å². The lowest BCUT2D eigenvalue weighted by Gasteiger charge is -2.22. The van der Waals surface area contributed by atoms with Crippen LogP contribution >= 0.6 is 0 Å². The van der Waals surface area contributed by atoms with Gasteiger partial charge in [-0.1, -0.05) is 13.3 Å². The van der Waals surface area contributed by atoms with Crippen molar-refractivity contribution in [2.24, 2.45) is 0 Å². The summed E-state index contributed by atoms with van der Waals surface area (Å²) in [4.78, 5) is 11.6. The van der Waals surface area contributed by atoms with E-state index >= 15 is 0 Å². The van der Waals surface area contributed by atoms with E-state index in [1.807, 2.05) is 6.92 Å². The van der Waals surface area contributed by atoms with Gasteiger partial charge in [0.15, 0.2) is 11.5 Å². The number of rotatable bonds is 8. The number of fused-ring (bicyclic) bond motifs is 1. The second-order valence-electron chi connectivity index (χ2n) is 5.33. The van der Waals surface area contributed by atoms with E-state index in [2.05, 4.69) is 5.32 Å². The Morgan fingerprint density at radius 1 is 1.30 bits per heavy atom. The molecule has 0 spiro atoms. The number of nitrogens with zero attached hydrogens (tertiary/aromatic N) is 1. The second-order valence-corrected chi connectivity index (χ2v) is 7.23. The summed E-state index contributed by atoms with van der Waals surface area (Å²) in [6, 6.07) is 4.96.